The number of unbranched alkanes of at least 4 members (excludes halogenated alkanes) is 2. The Kier molecular flexibility index (Phi) is 9.32. The maximum absolute atomic E-state index is 10.8. The summed E-state index contributed by atoms with van der Waals surface area (Å²) in [6.07, 6.45) is 2.78. The lowest BCUT2D eigenvalue weighted by Crippen LogP contribution is -2.00. The zero-order chi connectivity index (χ0) is 22.5. The largest absolute Gasteiger partial charge is 0.504 e. The van der Waals surface area contributed by atoms with Gasteiger partial charge in [-0.05, 0) is 54.2 Å². The van der Waals surface area contributed by atoms with Crippen LogP contribution in [0.1, 0.15) is 37.8 Å². The summed E-state index contributed by atoms with van der Waals surface area (Å²) in [6, 6.07) is 11.3. The van der Waals surface area contributed by atoms with Crippen LogP contribution in [0.4, 0.5) is 0 Å². The second-order valence-electron chi connectivity index (χ2n) is 7.19. The molecule has 8 heteroatoms. The SMILES string of the molecule is C.O=C(O)Cc1ccc2cc(OCCCCCc3c(O)c(O)c(Cl)c(Cl)c3Cl)ccc2c1. The highest BCUT2D eigenvalue weighted by Gasteiger charge is 2.20. The number of aliphatic carboxylic acids is 1. The summed E-state index contributed by atoms with van der Waals surface area (Å²) < 4.78 is 5.81. The van der Waals surface area contributed by atoms with Gasteiger partial charge in [0.15, 0.2) is 11.5 Å². The van der Waals surface area contributed by atoms with E-state index in [1.165, 1.54) is 0 Å². The molecule has 0 saturated heterocycles. The van der Waals surface area contributed by atoms with Gasteiger partial charge in [0.05, 0.1) is 23.1 Å². The summed E-state index contributed by atoms with van der Waals surface area (Å²) in [5.41, 5.74) is 1.14. The molecular formula is C24H25Cl3O5. The zero-order valence-corrected chi connectivity index (χ0v) is 18.8. The maximum atomic E-state index is 10.8. The molecule has 0 spiro atoms. The number of phenols is 2. The number of fused-ring (bicyclic) bond motifs is 1. The minimum absolute atomic E-state index is 0. The third kappa shape index (κ3) is 6.12. The molecule has 0 fully saturated rings. The average molecular weight is 500 g/mol. The summed E-state index contributed by atoms with van der Waals surface area (Å²) in [5, 5.41) is 30.7. The van der Waals surface area contributed by atoms with E-state index in [2.05, 4.69) is 0 Å². The number of ether oxygens (including phenoxy) is 1. The van der Waals surface area contributed by atoms with Gasteiger partial charge in [0, 0.05) is 5.56 Å². The molecule has 0 heterocycles. The predicted octanol–water partition coefficient (Wildman–Crippen LogP) is 7.27. The number of hydrogen-bond donors (Lipinski definition) is 3. The van der Waals surface area contributed by atoms with Crippen LogP contribution in [0.25, 0.3) is 10.8 Å². The van der Waals surface area contributed by atoms with Gasteiger partial charge in [0.25, 0.3) is 0 Å². The highest BCUT2D eigenvalue weighted by Crippen LogP contribution is 2.46. The van der Waals surface area contributed by atoms with E-state index in [9.17, 15) is 15.0 Å². The predicted molar refractivity (Wildman–Crippen MR) is 130 cm³/mol. The molecule has 0 atom stereocenters. The third-order valence-electron chi connectivity index (χ3n) is 4.94. The van der Waals surface area contributed by atoms with Gasteiger partial charge in [-0.1, -0.05) is 66.5 Å². The molecule has 3 rings (SSSR count). The van der Waals surface area contributed by atoms with E-state index in [1.54, 1.807) is 0 Å². The highest BCUT2D eigenvalue weighted by molar-refractivity contribution is 6.49. The van der Waals surface area contributed by atoms with Crippen LogP contribution in [0.15, 0.2) is 36.4 Å². The van der Waals surface area contributed by atoms with Crippen LogP contribution in [0.2, 0.25) is 15.1 Å². The average Bonchev–Trinajstić information content (AvgIpc) is 2.75. The van der Waals surface area contributed by atoms with E-state index in [0.717, 1.165) is 41.3 Å². The lowest BCUT2D eigenvalue weighted by Gasteiger charge is -2.12. The van der Waals surface area contributed by atoms with Gasteiger partial charge >= 0.3 is 5.97 Å². The molecule has 3 aromatic carbocycles. The maximum Gasteiger partial charge on any atom is 0.307 e. The van der Waals surface area contributed by atoms with E-state index in [4.69, 9.17) is 44.6 Å². The quantitative estimate of drug-likeness (QED) is 0.164. The molecule has 0 radical (unpaired) electrons. The van der Waals surface area contributed by atoms with Crippen LogP contribution >= 0.6 is 34.8 Å². The number of aromatic hydroxyl groups is 2. The first kappa shape index (κ1) is 25.9. The summed E-state index contributed by atoms with van der Waals surface area (Å²) in [5.74, 6) is -0.902. The minimum Gasteiger partial charge on any atom is -0.504 e. The second kappa shape index (κ2) is 11.5. The molecule has 3 aromatic rings. The molecule has 0 aliphatic heterocycles. The van der Waals surface area contributed by atoms with Crippen LogP contribution in [0.5, 0.6) is 17.2 Å². The van der Waals surface area contributed by atoms with Crippen molar-refractivity contribution in [3.63, 3.8) is 0 Å². The Labute approximate surface area is 202 Å². The van der Waals surface area contributed by atoms with Gasteiger partial charge in [-0.2, -0.15) is 0 Å². The molecule has 0 aliphatic carbocycles. The Morgan fingerprint density at radius 1 is 0.844 bits per heavy atom. The van der Waals surface area contributed by atoms with Crippen molar-refractivity contribution in [3.05, 3.63) is 62.6 Å². The number of carboxylic acids is 1. The van der Waals surface area contributed by atoms with Crippen molar-refractivity contribution in [2.75, 3.05) is 6.61 Å². The van der Waals surface area contributed by atoms with Crippen LogP contribution in [0, 0.1) is 0 Å². The van der Waals surface area contributed by atoms with Gasteiger partial charge in [-0.25, -0.2) is 0 Å². The van der Waals surface area contributed by atoms with Crippen LogP contribution in [-0.2, 0) is 17.6 Å². The van der Waals surface area contributed by atoms with E-state index in [-0.39, 0.29) is 34.7 Å². The first-order valence-corrected chi connectivity index (χ1v) is 10.9. The van der Waals surface area contributed by atoms with Crippen molar-refractivity contribution in [2.45, 2.75) is 39.5 Å². The van der Waals surface area contributed by atoms with E-state index >= 15 is 0 Å². The zero-order valence-electron chi connectivity index (χ0n) is 16.5. The first-order chi connectivity index (χ1) is 14.8. The minimum atomic E-state index is -0.854. The molecule has 0 saturated carbocycles. The third-order valence-corrected chi connectivity index (χ3v) is 6.30. The second-order valence-corrected chi connectivity index (χ2v) is 8.32. The van der Waals surface area contributed by atoms with Crippen LogP contribution in [-0.4, -0.2) is 27.9 Å². The molecule has 0 amide bonds. The number of hydrogen-bond acceptors (Lipinski definition) is 4. The Balaban J connectivity index is 0.00000363. The summed E-state index contributed by atoms with van der Waals surface area (Å²) in [4.78, 5) is 10.8. The smallest absolute Gasteiger partial charge is 0.307 e. The highest BCUT2D eigenvalue weighted by atomic mass is 35.5. The van der Waals surface area contributed by atoms with Crippen molar-refractivity contribution in [1.29, 1.82) is 0 Å². The molecular weight excluding hydrogens is 475 g/mol. The number of phenolic OH excluding ortho intramolecular Hbond substituents is 2. The fourth-order valence-electron chi connectivity index (χ4n) is 3.33. The van der Waals surface area contributed by atoms with Crippen molar-refractivity contribution in [2.24, 2.45) is 0 Å². The number of rotatable bonds is 9. The monoisotopic (exact) mass is 498 g/mol. The summed E-state index contributed by atoms with van der Waals surface area (Å²) in [6.45, 7) is 0.523. The normalized spacial score (nSPS) is 10.7. The molecule has 0 aromatic heterocycles. The Bertz CT molecular complexity index is 1090. The van der Waals surface area contributed by atoms with Crippen LogP contribution < -0.4 is 4.74 Å². The fraction of sp³-hybridized carbons (Fsp3) is 0.292. The van der Waals surface area contributed by atoms with Gasteiger partial charge in [0.2, 0.25) is 0 Å². The van der Waals surface area contributed by atoms with Crippen molar-refractivity contribution < 1.29 is 24.9 Å². The number of halogens is 3. The number of benzene rings is 3. The van der Waals surface area contributed by atoms with Gasteiger partial charge in [-0.15, -0.1) is 0 Å². The van der Waals surface area contributed by atoms with Gasteiger partial charge in [0.1, 0.15) is 10.8 Å². The molecule has 0 unspecified atom stereocenters. The molecule has 0 bridgehead atoms. The van der Waals surface area contributed by atoms with E-state index < -0.39 is 11.7 Å². The first-order valence-electron chi connectivity index (χ1n) is 9.72. The van der Waals surface area contributed by atoms with Crippen molar-refractivity contribution in [3.8, 4) is 17.2 Å². The standard InChI is InChI=1S/C23H21Cl3O5.CH4/c24-19-17(22(29)23(30)21(26)20(19)25)4-2-1-3-9-31-16-8-7-14-10-13(11-18(27)28)5-6-15(14)12-16;/h5-8,10,12,29-30H,1-4,9,11H2,(H,27,28);1H4. The number of carbonyl (C=O) groups is 1. The Morgan fingerprint density at radius 2 is 1.53 bits per heavy atom. The van der Waals surface area contributed by atoms with E-state index in [0.29, 0.717) is 18.6 Å². The molecule has 32 heavy (non-hydrogen) atoms. The molecule has 3 N–H and O–H groups in total. The lowest BCUT2D eigenvalue weighted by molar-refractivity contribution is -0.136. The van der Waals surface area contributed by atoms with E-state index in [1.807, 2.05) is 36.4 Å². The van der Waals surface area contributed by atoms with Gasteiger partial charge < -0.3 is 20.1 Å². The van der Waals surface area contributed by atoms with Crippen molar-refractivity contribution >= 4 is 51.5 Å². The van der Waals surface area contributed by atoms with Crippen LogP contribution in [0.3, 0.4) is 0 Å². The summed E-state index contributed by atoms with van der Waals surface area (Å²) >= 11 is 17.9. The molecule has 172 valence electrons. The fourth-order valence-corrected chi connectivity index (χ4v) is 4.04. The summed E-state index contributed by atoms with van der Waals surface area (Å²) in [7, 11) is 0. The molecule has 5 nitrogen and oxygen atoms in total. The van der Waals surface area contributed by atoms with Gasteiger partial charge in [-0.3, -0.25) is 4.79 Å². The number of carboxylic acid groups (broad SMARTS) is 1. The Hall–Kier alpha value is -2.34. The topological polar surface area (TPSA) is 87.0 Å². The van der Waals surface area contributed by atoms with Crippen molar-refractivity contribution in [1.82, 2.24) is 0 Å². The molecule has 0 aliphatic rings. The lowest BCUT2D eigenvalue weighted by atomic mass is 10.0. The Morgan fingerprint density at radius 3 is 2.25 bits per heavy atom.